The zero-order valence-electron chi connectivity index (χ0n) is 14.5. The molecule has 10 heteroatoms. The summed E-state index contributed by atoms with van der Waals surface area (Å²) >= 11 is 1.41. The second-order valence-corrected chi connectivity index (χ2v) is 7.00. The highest BCUT2D eigenvalue weighted by atomic mass is 32.1. The number of nitro benzene ring substituents is 1. The van der Waals surface area contributed by atoms with Crippen molar-refractivity contribution in [3.63, 3.8) is 0 Å². The summed E-state index contributed by atoms with van der Waals surface area (Å²) in [6.07, 6.45) is 1.16. The van der Waals surface area contributed by atoms with Crippen molar-refractivity contribution in [2.75, 3.05) is 0 Å². The molecule has 9 nitrogen and oxygen atoms in total. The van der Waals surface area contributed by atoms with Crippen LogP contribution in [0.2, 0.25) is 0 Å². The summed E-state index contributed by atoms with van der Waals surface area (Å²) in [6.45, 7) is 3.77. The number of nitrogens with zero attached hydrogens (tertiary/aromatic N) is 3. The van der Waals surface area contributed by atoms with Crippen LogP contribution in [0.15, 0.2) is 34.2 Å². The van der Waals surface area contributed by atoms with E-state index in [0.717, 1.165) is 10.4 Å². The van der Waals surface area contributed by atoms with Crippen LogP contribution in [-0.4, -0.2) is 27.0 Å². The lowest BCUT2D eigenvalue weighted by Crippen LogP contribution is -2.23. The number of nitrogens with one attached hydrogen (secondary N) is 2. The summed E-state index contributed by atoms with van der Waals surface area (Å²) < 4.78 is 0. The maximum Gasteiger partial charge on any atom is 0.270 e. The average molecular weight is 385 g/mol. The van der Waals surface area contributed by atoms with Crippen molar-refractivity contribution >= 4 is 39.4 Å². The Balaban J connectivity index is 1.69. The number of benzene rings is 1. The highest BCUT2D eigenvalue weighted by molar-refractivity contribution is 7.18. The van der Waals surface area contributed by atoms with E-state index in [4.69, 9.17) is 0 Å². The lowest BCUT2D eigenvalue weighted by atomic mass is 10.2. The first-order valence-electron chi connectivity index (χ1n) is 7.90. The highest BCUT2D eigenvalue weighted by Gasteiger charge is 2.13. The number of aromatic amines is 1. The van der Waals surface area contributed by atoms with Gasteiger partial charge in [-0.05, 0) is 19.4 Å². The molecule has 2 aromatic heterocycles. The molecule has 2 N–H and O–H groups in total. The zero-order valence-corrected chi connectivity index (χ0v) is 15.3. The summed E-state index contributed by atoms with van der Waals surface area (Å²) in [6, 6.07) is 5.85. The highest BCUT2D eigenvalue weighted by Crippen LogP contribution is 2.25. The fraction of sp³-hybridized carbons (Fsp3) is 0.176. The van der Waals surface area contributed by atoms with Gasteiger partial charge in [0.2, 0.25) is 5.91 Å². The van der Waals surface area contributed by atoms with Gasteiger partial charge in [-0.25, -0.2) is 10.4 Å². The Kier molecular flexibility index (Phi) is 5.08. The Morgan fingerprint density at radius 3 is 2.96 bits per heavy atom. The second-order valence-electron chi connectivity index (χ2n) is 5.80. The van der Waals surface area contributed by atoms with Gasteiger partial charge in [0.05, 0.1) is 22.9 Å². The van der Waals surface area contributed by atoms with Gasteiger partial charge in [0.1, 0.15) is 10.7 Å². The first-order valence-corrected chi connectivity index (χ1v) is 8.72. The average Bonchev–Trinajstić information content (AvgIpc) is 2.89. The number of carbonyl (C=O) groups excluding carboxylic acids is 1. The fourth-order valence-electron chi connectivity index (χ4n) is 2.47. The van der Waals surface area contributed by atoms with Crippen molar-refractivity contribution in [1.82, 2.24) is 15.4 Å². The van der Waals surface area contributed by atoms with Gasteiger partial charge in [0.25, 0.3) is 11.2 Å². The Morgan fingerprint density at radius 2 is 2.22 bits per heavy atom. The van der Waals surface area contributed by atoms with Crippen LogP contribution in [0.4, 0.5) is 5.69 Å². The number of H-pyrrole nitrogens is 1. The number of aromatic nitrogens is 2. The number of fused-ring (bicyclic) bond motifs is 1. The number of hydrazone groups is 1. The molecule has 0 radical (unpaired) electrons. The molecule has 0 saturated carbocycles. The molecule has 0 unspecified atom stereocenters. The van der Waals surface area contributed by atoms with Crippen LogP contribution in [0.3, 0.4) is 0 Å². The van der Waals surface area contributed by atoms with E-state index in [-0.39, 0.29) is 23.5 Å². The molecule has 2 heterocycles. The molecule has 3 aromatic rings. The number of carbonyl (C=O) groups is 1. The molecule has 27 heavy (non-hydrogen) atoms. The predicted molar refractivity (Wildman–Crippen MR) is 102 cm³/mol. The number of thiophene rings is 1. The van der Waals surface area contributed by atoms with Crippen molar-refractivity contribution in [2.45, 2.75) is 20.3 Å². The lowest BCUT2D eigenvalue weighted by Gasteiger charge is -2.01. The van der Waals surface area contributed by atoms with Gasteiger partial charge >= 0.3 is 0 Å². The van der Waals surface area contributed by atoms with Crippen LogP contribution in [0.1, 0.15) is 21.8 Å². The topological polar surface area (TPSA) is 130 Å². The Morgan fingerprint density at radius 1 is 1.44 bits per heavy atom. The first kappa shape index (κ1) is 18.4. The minimum absolute atomic E-state index is 0.0677. The molecule has 0 aliphatic rings. The molecule has 138 valence electrons. The zero-order chi connectivity index (χ0) is 19.6. The minimum atomic E-state index is -0.512. The standard InChI is InChI=1S/C17H15N5O4S/c1-9-10(2)27-17-15(9)16(24)19-13(20-17)7-14(23)21-18-8-11-4-3-5-12(6-11)22(25)26/h3-6,8H,7H2,1-2H3,(H,21,23)(H,19,20,24)/b18-8+. The molecule has 3 rings (SSSR count). The van der Waals surface area contributed by atoms with E-state index < -0.39 is 10.8 Å². The SMILES string of the molecule is Cc1sc2nc(CC(=O)N/N=C/c3cccc([N+](=O)[O-])c3)[nH]c(=O)c2c1C. The number of non-ortho nitro benzene ring substituents is 1. The van der Waals surface area contributed by atoms with Crippen molar-refractivity contribution in [1.29, 1.82) is 0 Å². The summed E-state index contributed by atoms with van der Waals surface area (Å²) in [4.78, 5) is 43.0. The van der Waals surface area contributed by atoms with E-state index in [0.29, 0.717) is 15.8 Å². The second kappa shape index (κ2) is 7.46. The largest absolute Gasteiger partial charge is 0.309 e. The van der Waals surface area contributed by atoms with Crippen LogP contribution in [0, 0.1) is 24.0 Å². The number of aryl methyl sites for hydroxylation is 2. The minimum Gasteiger partial charge on any atom is -0.309 e. The third-order valence-electron chi connectivity index (χ3n) is 3.90. The summed E-state index contributed by atoms with van der Waals surface area (Å²) in [5.74, 6) is -0.221. The molecule has 1 amide bonds. The van der Waals surface area contributed by atoms with Gasteiger partial charge in [0.15, 0.2) is 0 Å². The Hall–Kier alpha value is -3.40. The number of amides is 1. The normalized spacial score (nSPS) is 11.2. The lowest BCUT2D eigenvalue weighted by molar-refractivity contribution is -0.384. The molecule has 0 aliphatic carbocycles. The van der Waals surface area contributed by atoms with Crippen LogP contribution in [0.5, 0.6) is 0 Å². The molecule has 0 saturated heterocycles. The van der Waals surface area contributed by atoms with Gasteiger partial charge in [-0.15, -0.1) is 11.3 Å². The van der Waals surface area contributed by atoms with Crippen molar-refractivity contribution in [3.05, 3.63) is 66.6 Å². The quantitative estimate of drug-likeness (QED) is 0.395. The number of hydrogen-bond acceptors (Lipinski definition) is 7. The fourth-order valence-corrected chi connectivity index (χ4v) is 3.52. The van der Waals surface area contributed by atoms with Crippen LogP contribution < -0.4 is 11.0 Å². The summed E-state index contributed by atoms with van der Waals surface area (Å²) in [5.41, 5.74) is 3.34. The molecular formula is C17H15N5O4S. The Labute approximate surface area is 156 Å². The van der Waals surface area contributed by atoms with Crippen LogP contribution >= 0.6 is 11.3 Å². The number of nitro groups is 1. The van der Waals surface area contributed by atoms with E-state index in [1.165, 1.54) is 35.8 Å². The van der Waals surface area contributed by atoms with E-state index >= 15 is 0 Å². The van der Waals surface area contributed by atoms with Crippen molar-refractivity contribution in [3.8, 4) is 0 Å². The summed E-state index contributed by atoms with van der Waals surface area (Å²) in [5, 5.41) is 15.1. The van der Waals surface area contributed by atoms with Crippen molar-refractivity contribution in [2.24, 2.45) is 5.10 Å². The van der Waals surface area contributed by atoms with Gasteiger partial charge in [-0.3, -0.25) is 19.7 Å². The smallest absolute Gasteiger partial charge is 0.270 e. The van der Waals surface area contributed by atoms with Crippen LogP contribution in [-0.2, 0) is 11.2 Å². The Bertz CT molecular complexity index is 1130. The molecule has 1 aromatic carbocycles. The van der Waals surface area contributed by atoms with E-state index in [1.54, 1.807) is 6.07 Å². The summed E-state index contributed by atoms with van der Waals surface area (Å²) in [7, 11) is 0. The molecule has 0 spiro atoms. The predicted octanol–water partition coefficient (Wildman–Crippen LogP) is 2.20. The molecule has 0 atom stereocenters. The number of hydrogen-bond donors (Lipinski definition) is 2. The third kappa shape index (κ3) is 4.06. The molecule has 0 bridgehead atoms. The third-order valence-corrected chi connectivity index (χ3v) is 5.00. The maximum absolute atomic E-state index is 12.2. The number of rotatable bonds is 5. The van der Waals surface area contributed by atoms with Gasteiger partial charge in [-0.2, -0.15) is 5.10 Å². The first-order chi connectivity index (χ1) is 12.8. The molecule has 0 fully saturated rings. The monoisotopic (exact) mass is 385 g/mol. The van der Waals surface area contributed by atoms with Gasteiger partial charge in [-0.1, -0.05) is 12.1 Å². The molecule has 0 aliphatic heterocycles. The van der Waals surface area contributed by atoms with Crippen molar-refractivity contribution < 1.29 is 9.72 Å². The van der Waals surface area contributed by atoms with Gasteiger partial charge < -0.3 is 4.98 Å². The van der Waals surface area contributed by atoms with E-state index in [9.17, 15) is 19.7 Å². The van der Waals surface area contributed by atoms with Gasteiger partial charge in [0, 0.05) is 22.6 Å². The maximum atomic E-state index is 12.2. The van der Waals surface area contributed by atoms with E-state index in [1.807, 2.05) is 13.8 Å². The molecular weight excluding hydrogens is 370 g/mol. The van der Waals surface area contributed by atoms with Crippen LogP contribution in [0.25, 0.3) is 10.2 Å². The van der Waals surface area contributed by atoms with E-state index in [2.05, 4.69) is 20.5 Å².